The van der Waals surface area contributed by atoms with Gasteiger partial charge in [0.05, 0.1) is 0 Å². The van der Waals surface area contributed by atoms with Crippen LogP contribution in [-0.4, -0.2) is 0 Å². The lowest BCUT2D eigenvalue weighted by Gasteiger charge is -2.06. The van der Waals surface area contributed by atoms with Crippen molar-refractivity contribution in [3.63, 3.8) is 0 Å². The molecule has 1 heteroatoms. The fourth-order valence-corrected chi connectivity index (χ4v) is 2.93. The third kappa shape index (κ3) is 0.820. The zero-order chi connectivity index (χ0) is 10.7. The van der Waals surface area contributed by atoms with Gasteiger partial charge >= 0.3 is 0 Å². The molecule has 16 heavy (non-hydrogen) atoms. The lowest BCUT2D eigenvalue weighted by atomic mass is 10.0. The number of nitrogens with two attached hydrogens (primary N) is 1. The molecule has 0 saturated carbocycles. The summed E-state index contributed by atoms with van der Waals surface area (Å²) in [7, 11) is 0. The number of hydrogen-bond acceptors (Lipinski definition) is 1. The van der Waals surface area contributed by atoms with Crippen LogP contribution in [0.25, 0.3) is 21.5 Å². The van der Waals surface area contributed by atoms with E-state index in [-0.39, 0.29) is 0 Å². The van der Waals surface area contributed by atoms with Crippen LogP contribution in [0.3, 0.4) is 0 Å². The summed E-state index contributed by atoms with van der Waals surface area (Å²) >= 11 is 0. The highest BCUT2D eigenvalue weighted by Gasteiger charge is 2.17. The van der Waals surface area contributed by atoms with E-state index in [1.54, 1.807) is 0 Å². The molecular formula is C15H11N. The molecule has 0 saturated heterocycles. The van der Waals surface area contributed by atoms with Crippen molar-refractivity contribution in [1.29, 1.82) is 0 Å². The molecule has 0 aliphatic heterocycles. The average Bonchev–Trinajstić information content (AvgIpc) is 2.67. The highest BCUT2D eigenvalue weighted by Crippen LogP contribution is 2.40. The number of anilines is 1. The van der Waals surface area contributed by atoms with Gasteiger partial charge in [0, 0.05) is 11.1 Å². The number of hydrogen-bond donors (Lipinski definition) is 1. The topological polar surface area (TPSA) is 26.0 Å². The van der Waals surface area contributed by atoms with E-state index in [4.69, 9.17) is 5.73 Å². The molecule has 0 spiro atoms. The first kappa shape index (κ1) is 8.17. The van der Waals surface area contributed by atoms with Crippen LogP contribution < -0.4 is 5.73 Å². The van der Waals surface area contributed by atoms with E-state index in [9.17, 15) is 0 Å². The summed E-state index contributed by atoms with van der Waals surface area (Å²) in [6.07, 6.45) is 1.05. The highest BCUT2D eigenvalue weighted by atomic mass is 14.6. The maximum Gasteiger partial charge on any atom is 0.0400 e. The lowest BCUT2D eigenvalue weighted by molar-refractivity contribution is 1.27. The molecule has 0 aromatic heterocycles. The van der Waals surface area contributed by atoms with Crippen LogP contribution in [0.5, 0.6) is 0 Å². The van der Waals surface area contributed by atoms with Gasteiger partial charge in [-0.2, -0.15) is 0 Å². The van der Waals surface area contributed by atoms with Gasteiger partial charge in [0.15, 0.2) is 0 Å². The maximum atomic E-state index is 6.11. The predicted molar refractivity (Wildman–Crippen MR) is 68.7 cm³/mol. The smallest absolute Gasteiger partial charge is 0.0400 e. The molecule has 0 bridgehead atoms. The van der Waals surface area contributed by atoms with Crippen LogP contribution in [0.1, 0.15) is 11.1 Å². The minimum Gasteiger partial charge on any atom is -0.398 e. The van der Waals surface area contributed by atoms with Crippen LogP contribution in [0.2, 0.25) is 0 Å². The van der Waals surface area contributed by atoms with Crippen LogP contribution in [0, 0.1) is 0 Å². The molecule has 3 aromatic rings. The molecule has 0 atom stereocenters. The Hall–Kier alpha value is -2.02. The molecule has 0 fully saturated rings. The van der Waals surface area contributed by atoms with Crippen molar-refractivity contribution in [2.45, 2.75) is 6.42 Å². The second kappa shape index (κ2) is 2.56. The second-order valence-corrected chi connectivity index (χ2v) is 4.50. The molecule has 1 aliphatic carbocycles. The first-order chi connectivity index (χ1) is 7.84. The van der Waals surface area contributed by atoms with Crippen molar-refractivity contribution in [1.82, 2.24) is 0 Å². The zero-order valence-electron chi connectivity index (χ0n) is 8.83. The largest absolute Gasteiger partial charge is 0.398 e. The SMILES string of the molecule is Nc1cc2cccc3c2c2c(cccc12)C3. The van der Waals surface area contributed by atoms with Gasteiger partial charge in [-0.3, -0.25) is 0 Å². The minimum absolute atomic E-state index is 0.892. The van der Waals surface area contributed by atoms with Gasteiger partial charge in [0.1, 0.15) is 0 Å². The first-order valence-electron chi connectivity index (χ1n) is 5.56. The van der Waals surface area contributed by atoms with E-state index in [2.05, 4.69) is 42.5 Å². The van der Waals surface area contributed by atoms with Gasteiger partial charge in [-0.05, 0) is 39.8 Å². The fourth-order valence-electron chi connectivity index (χ4n) is 2.93. The van der Waals surface area contributed by atoms with Gasteiger partial charge in [-0.25, -0.2) is 0 Å². The molecule has 0 radical (unpaired) electrons. The van der Waals surface area contributed by atoms with Gasteiger partial charge < -0.3 is 5.73 Å². The van der Waals surface area contributed by atoms with E-state index in [1.807, 2.05) is 0 Å². The quantitative estimate of drug-likeness (QED) is 0.345. The third-order valence-electron chi connectivity index (χ3n) is 3.59. The normalized spacial score (nSPS) is 13.0. The molecule has 0 amide bonds. The summed E-state index contributed by atoms with van der Waals surface area (Å²) in [5.74, 6) is 0. The summed E-state index contributed by atoms with van der Waals surface area (Å²) in [6.45, 7) is 0. The predicted octanol–water partition coefficient (Wildman–Crippen LogP) is 3.48. The highest BCUT2D eigenvalue weighted by molar-refractivity contribution is 6.17. The van der Waals surface area contributed by atoms with Gasteiger partial charge in [-0.15, -0.1) is 0 Å². The monoisotopic (exact) mass is 205 g/mol. The molecule has 4 rings (SSSR count). The lowest BCUT2D eigenvalue weighted by Crippen LogP contribution is -1.87. The Kier molecular flexibility index (Phi) is 1.31. The van der Waals surface area contributed by atoms with Crippen molar-refractivity contribution in [3.05, 3.63) is 53.6 Å². The number of nitrogen functional groups attached to an aromatic ring is 1. The Morgan fingerprint density at radius 3 is 2.50 bits per heavy atom. The Morgan fingerprint density at radius 1 is 0.875 bits per heavy atom. The summed E-state index contributed by atoms with van der Waals surface area (Å²) < 4.78 is 0. The summed E-state index contributed by atoms with van der Waals surface area (Å²) in [5, 5.41) is 5.25. The van der Waals surface area contributed by atoms with Crippen molar-refractivity contribution < 1.29 is 0 Å². The van der Waals surface area contributed by atoms with Crippen molar-refractivity contribution >= 4 is 27.2 Å². The van der Waals surface area contributed by atoms with Crippen LogP contribution >= 0.6 is 0 Å². The Labute approximate surface area is 93.5 Å². The minimum atomic E-state index is 0.892. The van der Waals surface area contributed by atoms with Crippen LogP contribution in [0.15, 0.2) is 42.5 Å². The second-order valence-electron chi connectivity index (χ2n) is 4.50. The fraction of sp³-hybridized carbons (Fsp3) is 0.0667. The molecule has 76 valence electrons. The Morgan fingerprint density at radius 2 is 1.62 bits per heavy atom. The van der Waals surface area contributed by atoms with Gasteiger partial charge in [0.25, 0.3) is 0 Å². The Balaban J connectivity index is 2.43. The van der Waals surface area contributed by atoms with E-state index in [1.165, 1.54) is 32.7 Å². The van der Waals surface area contributed by atoms with Gasteiger partial charge in [0.2, 0.25) is 0 Å². The van der Waals surface area contributed by atoms with E-state index in [0.717, 1.165) is 12.1 Å². The third-order valence-corrected chi connectivity index (χ3v) is 3.59. The van der Waals surface area contributed by atoms with Crippen LogP contribution in [-0.2, 0) is 6.42 Å². The zero-order valence-corrected chi connectivity index (χ0v) is 8.83. The molecule has 1 aliphatic rings. The Bertz CT molecular complexity index is 741. The van der Waals surface area contributed by atoms with Gasteiger partial charge in [-0.1, -0.05) is 36.4 Å². The van der Waals surface area contributed by atoms with Crippen molar-refractivity contribution in [3.8, 4) is 0 Å². The molecule has 1 nitrogen and oxygen atoms in total. The average molecular weight is 205 g/mol. The van der Waals surface area contributed by atoms with Crippen molar-refractivity contribution in [2.24, 2.45) is 0 Å². The standard InChI is InChI=1S/C15H11N/c16-13-8-11-4-1-3-9-7-10-5-2-6-12(13)15(10)14(9)11/h1-6,8H,7,16H2. The first-order valence-corrected chi connectivity index (χ1v) is 5.56. The van der Waals surface area contributed by atoms with Crippen LogP contribution in [0.4, 0.5) is 5.69 Å². The summed E-state index contributed by atoms with van der Waals surface area (Å²) in [4.78, 5) is 0. The summed E-state index contributed by atoms with van der Waals surface area (Å²) in [5.41, 5.74) is 9.85. The molecule has 3 aromatic carbocycles. The molecule has 2 N–H and O–H groups in total. The maximum absolute atomic E-state index is 6.11. The van der Waals surface area contributed by atoms with E-state index in [0.29, 0.717) is 0 Å². The number of rotatable bonds is 0. The summed E-state index contributed by atoms with van der Waals surface area (Å²) in [6, 6.07) is 15.0. The molecular weight excluding hydrogens is 194 g/mol. The number of benzene rings is 3. The molecule has 0 unspecified atom stereocenters. The van der Waals surface area contributed by atoms with E-state index < -0.39 is 0 Å². The molecule has 0 heterocycles. The van der Waals surface area contributed by atoms with Crippen molar-refractivity contribution in [2.75, 3.05) is 5.73 Å². The van der Waals surface area contributed by atoms with E-state index >= 15 is 0 Å².